The van der Waals surface area contributed by atoms with E-state index in [1.165, 1.54) is 13.8 Å². The van der Waals surface area contributed by atoms with Gasteiger partial charge in [0.25, 0.3) is 0 Å². The van der Waals surface area contributed by atoms with Crippen LogP contribution in [-0.4, -0.2) is 33.8 Å². The van der Waals surface area contributed by atoms with Crippen molar-refractivity contribution in [1.82, 2.24) is 0 Å². The molecule has 0 N–H and O–H groups in total. The molecule has 0 atom stereocenters. The van der Waals surface area contributed by atoms with Gasteiger partial charge >= 0.3 is 21.7 Å². The molecule has 0 aliphatic rings. The molecule has 4 aromatic rings. The zero-order valence-electron chi connectivity index (χ0n) is 24.7. The molecule has 210 valence electrons. The Morgan fingerprint density at radius 3 is 1.07 bits per heavy atom. The molecular formula is C34H38N4O2Ti. The molecule has 0 heterocycles. The van der Waals surface area contributed by atoms with Gasteiger partial charge in [0.1, 0.15) is 0 Å². The van der Waals surface area contributed by atoms with Gasteiger partial charge in [-0.3, -0.25) is 9.98 Å². The van der Waals surface area contributed by atoms with Gasteiger partial charge in [0, 0.05) is 24.8 Å². The van der Waals surface area contributed by atoms with Crippen molar-refractivity contribution in [3.63, 3.8) is 0 Å². The molecule has 41 heavy (non-hydrogen) atoms. The molecule has 0 radical (unpaired) electrons. The second-order valence-electron chi connectivity index (χ2n) is 9.18. The van der Waals surface area contributed by atoms with E-state index in [0.717, 1.165) is 22.1 Å². The maximum Gasteiger partial charge on any atom is 4.00 e. The molecular weight excluding hydrogens is 544 g/mol. The Morgan fingerprint density at radius 2 is 0.805 bits per heavy atom. The summed E-state index contributed by atoms with van der Waals surface area (Å²) in [6.45, 7) is 2.89. The van der Waals surface area contributed by atoms with Crippen LogP contribution in [-0.2, 0) is 27.3 Å². The molecule has 0 saturated carbocycles. The van der Waals surface area contributed by atoms with Gasteiger partial charge in [-0.05, 0) is 12.1 Å². The third kappa shape index (κ3) is 10.1. The molecule has 0 aromatic heterocycles. The minimum absolute atomic E-state index is 0. The first kappa shape index (κ1) is 35.5. The van der Waals surface area contributed by atoms with Crippen LogP contribution in [0.4, 0.5) is 11.4 Å². The average Bonchev–Trinajstić information content (AvgIpc) is 3.37. The molecule has 0 saturated heterocycles. The summed E-state index contributed by atoms with van der Waals surface area (Å²) in [6, 6.07) is 37.3. The maximum atomic E-state index is 13.2. The second kappa shape index (κ2) is 18.0. The van der Waals surface area contributed by atoms with E-state index < -0.39 is 11.2 Å². The van der Waals surface area contributed by atoms with E-state index in [-0.39, 0.29) is 21.7 Å². The van der Waals surface area contributed by atoms with Gasteiger partial charge in [0.15, 0.2) is 0 Å². The first-order chi connectivity index (χ1) is 19.2. The Labute approximate surface area is 259 Å². The third-order valence-electron chi connectivity index (χ3n) is 6.16. The average molecular weight is 583 g/mol. The summed E-state index contributed by atoms with van der Waals surface area (Å²) in [7, 11) is 7.07. The quantitative estimate of drug-likeness (QED) is 0.305. The Kier molecular flexibility index (Phi) is 15.6. The molecule has 0 aliphatic heterocycles. The van der Waals surface area contributed by atoms with Crippen LogP contribution in [0.1, 0.15) is 25.0 Å². The summed E-state index contributed by atoms with van der Waals surface area (Å²) in [5.41, 5.74) is -0.548. The first-order valence-electron chi connectivity index (χ1n) is 13.0. The van der Waals surface area contributed by atoms with Crippen LogP contribution in [0.2, 0.25) is 0 Å². The zero-order chi connectivity index (χ0) is 29.4. The van der Waals surface area contributed by atoms with E-state index >= 15 is 0 Å². The van der Waals surface area contributed by atoms with Crippen molar-refractivity contribution >= 4 is 11.4 Å². The van der Waals surface area contributed by atoms with E-state index in [1.54, 1.807) is 76.7 Å². The summed E-state index contributed by atoms with van der Waals surface area (Å²) in [5, 5.41) is 35.7. The summed E-state index contributed by atoms with van der Waals surface area (Å²) in [6.07, 6.45) is 0. The number of hydrogen-bond donors (Lipinski definition) is 0. The number of rotatable bonds is 5. The summed E-state index contributed by atoms with van der Waals surface area (Å²) >= 11 is 0. The molecule has 4 aromatic carbocycles. The smallest absolute Gasteiger partial charge is 0.850 e. The molecule has 7 heteroatoms. The number of benzene rings is 2. The number of hydrogen-bond acceptors (Lipinski definition) is 4. The standard InChI is InChI=1S/C16H16O2.2C9H11N2.Ti/c1-15(2,17)16(18,13-9-5-3-6-10-13)14-11-7-4-8-12-14;2*1-10-8-6-4-3-5-7-9(8)11-2;/h3-12H,1-2H3;2*3-7H,1-2H3;/q-2;2*-1;+4. The molecule has 0 unspecified atom stereocenters. The van der Waals surface area contributed by atoms with Crippen molar-refractivity contribution in [3.8, 4) is 0 Å². The summed E-state index contributed by atoms with van der Waals surface area (Å²) in [4.78, 5) is 8.18. The van der Waals surface area contributed by atoms with Gasteiger partial charge in [0.2, 0.25) is 0 Å². The molecule has 0 fully saturated rings. The summed E-state index contributed by atoms with van der Waals surface area (Å²) < 4.78 is 0. The van der Waals surface area contributed by atoms with Gasteiger partial charge in [-0.15, -0.1) is 31.1 Å². The molecule has 0 spiro atoms. The van der Waals surface area contributed by atoms with Crippen LogP contribution >= 0.6 is 0 Å². The Hall–Kier alpha value is -3.55. The van der Waals surface area contributed by atoms with E-state index in [0.29, 0.717) is 11.1 Å². The largest absolute Gasteiger partial charge is 4.00 e. The van der Waals surface area contributed by atoms with Crippen LogP contribution in [0.3, 0.4) is 0 Å². The zero-order valence-corrected chi connectivity index (χ0v) is 26.2. The van der Waals surface area contributed by atoms with Crippen molar-refractivity contribution in [2.45, 2.75) is 25.0 Å². The van der Waals surface area contributed by atoms with Crippen molar-refractivity contribution in [3.05, 3.63) is 154 Å². The minimum atomic E-state index is -1.78. The Morgan fingerprint density at radius 1 is 0.512 bits per heavy atom. The van der Waals surface area contributed by atoms with Gasteiger partial charge in [-0.25, -0.2) is 0 Å². The predicted octanol–water partition coefficient (Wildman–Crippen LogP) is 5.13. The molecule has 0 bridgehead atoms. The first-order valence-corrected chi connectivity index (χ1v) is 13.0. The monoisotopic (exact) mass is 582 g/mol. The topological polar surface area (TPSA) is 99.0 Å². The van der Waals surface area contributed by atoms with Crippen LogP contribution in [0.15, 0.2) is 131 Å². The van der Waals surface area contributed by atoms with E-state index in [1.807, 2.05) is 72.8 Å². The number of nitrogens with zero attached hydrogens (tertiary/aromatic N) is 4. The van der Waals surface area contributed by atoms with Crippen LogP contribution in [0, 0.1) is 0 Å². The molecule has 0 aliphatic carbocycles. The van der Waals surface area contributed by atoms with Gasteiger partial charge in [-0.1, -0.05) is 140 Å². The third-order valence-corrected chi connectivity index (χ3v) is 6.16. The summed E-state index contributed by atoms with van der Waals surface area (Å²) in [5.74, 6) is 0. The predicted molar refractivity (Wildman–Crippen MR) is 161 cm³/mol. The normalized spacial score (nSPS) is 11.5. The van der Waals surface area contributed by atoms with Crippen LogP contribution in [0.5, 0.6) is 0 Å². The fourth-order valence-electron chi connectivity index (χ4n) is 4.02. The van der Waals surface area contributed by atoms with Gasteiger partial charge in [0.05, 0.1) is 0 Å². The second-order valence-corrected chi connectivity index (χ2v) is 9.18. The van der Waals surface area contributed by atoms with E-state index in [4.69, 9.17) is 0 Å². The van der Waals surface area contributed by atoms with Gasteiger partial charge < -0.3 is 20.8 Å². The SMILES string of the molecule is CC(C)([O-])C([O-])(c1ccccc1)c1ccccc1.CN=c1cccccc1[N-]C.CN=c1cccccc1[N-]C.[Ti+4]. The van der Waals surface area contributed by atoms with Crippen LogP contribution < -0.4 is 20.9 Å². The molecule has 6 nitrogen and oxygen atoms in total. The molecule has 0 amide bonds. The van der Waals surface area contributed by atoms with Gasteiger partial charge in [-0.2, -0.15) is 0 Å². The van der Waals surface area contributed by atoms with Crippen molar-refractivity contribution in [1.29, 1.82) is 0 Å². The fourth-order valence-corrected chi connectivity index (χ4v) is 4.02. The Balaban J connectivity index is 0.000000320. The van der Waals surface area contributed by atoms with Crippen molar-refractivity contribution in [2.75, 3.05) is 28.2 Å². The fraction of sp³-hybridized carbons (Fsp3) is 0.235. The van der Waals surface area contributed by atoms with Crippen molar-refractivity contribution < 1.29 is 31.9 Å². The van der Waals surface area contributed by atoms with Crippen molar-refractivity contribution in [2.24, 2.45) is 9.98 Å². The Bertz CT molecular complexity index is 1340. The minimum Gasteiger partial charge on any atom is -0.850 e. The van der Waals surface area contributed by atoms with E-state index in [9.17, 15) is 10.2 Å². The maximum absolute atomic E-state index is 13.2. The molecule has 4 rings (SSSR count). The van der Waals surface area contributed by atoms with E-state index in [2.05, 4.69) is 20.6 Å². The van der Waals surface area contributed by atoms with Crippen LogP contribution in [0.25, 0.3) is 10.6 Å².